The maximum atomic E-state index is 12.3. The quantitative estimate of drug-likeness (QED) is 0.538. The van der Waals surface area contributed by atoms with Crippen LogP contribution in [0.25, 0.3) is 0 Å². The van der Waals surface area contributed by atoms with Crippen molar-refractivity contribution in [2.75, 3.05) is 69.7 Å². The highest BCUT2D eigenvalue weighted by Gasteiger charge is 2.21. The molecule has 0 saturated carbocycles. The molecular formula is C20H31N3O6S. The zero-order valence-electron chi connectivity index (χ0n) is 17.5. The van der Waals surface area contributed by atoms with Gasteiger partial charge in [0, 0.05) is 38.7 Å². The van der Waals surface area contributed by atoms with Crippen LogP contribution in [0.5, 0.6) is 11.5 Å². The van der Waals surface area contributed by atoms with Crippen LogP contribution in [-0.4, -0.2) is 84.6 Å². The Kier molecular flexibility index (Phi) is 8.17. The van der Waals surface area contributed by atoms with Gasteiger partial charge in [0.1, 0.15) is 13.2 Å². The summed E-state index contributed by atoms with van der Waals surface area (Å²) >= 11 is 0. The van der Waals surface area contributed by atoms with E-state index in [2.05, 4.69) is 10.2 Å². The first-order valence-electron chi connectivity index (χ1n) is 10.4. The maximum Gasteiger partial charge on any atom is 0.232 e. The maximum absolute atomic E-state index is 12.3. The fourth-order valence-corrected chi connectivity index (χ4v) is 4.46. The van der Waals surface area contributed by atoms with E-state index < -0.39 is 10.0 Å². The second kappa shape index (κ2) is 10.8. The summed E-state index contributed by atoms with van der Waals surface area (Å²) in [5.74, 6) is 1.08. The van der Waals surface area contributed by atoms with E-state index in [1.807, 2.05) is 0 Å². The van der Waals surface area contributed by atoms with Crippen LogP contribution in [0.4, 0.5) is 5.69 Å². The van der Waals surface area contributed by atoms with Crippen molar-refractivity contribution < 1.29 is 27.4 Å². The van der Waals surface area contributed by atoms with Gasteiger partial charge in [-0.1, -0.05) is 0 Å². The van der Waals surface area contributed by atoms with Crippen LogP contribution in [0.15, 0.2) is 18.2 Å². The fraction of sp³-hybridized carbons (Fsp3) is 0.650. The number of carbonyl (C=O) groups excluding carboxylic acids is 1. The molecule has 2 heterocycles. The summed E-state index contributed by atoms with van der Waals surface area (Å²) in [6, 6.07) is 5.07. The molecule has 1 aromatic carbocycles. The number of hydrogen-bond donors (Lipinski definition) is 1. The van der Waals surface area contributed by atoms with E-state index >= 15 is 0 Å². The second-order valence-corrected chi connectivity index (χ2v) is 9.33. The lowest BCUT2D eigenvalue weighted by Crippen LogP contribution is -2.38. The number of benzene rings is 1. The number of ether oxygens (including phenoxy) is 3. The molecule has 0 spiro atoms. The normalized spacial score (nSPS) is 16.8. The Balaban J connectivity index is 1.43. The molecule has 0 atom stereocenters. The van der Waals surface area contributed by atoms with Gasteiger partial charge < -0.3 is 19.5 Å². The number of anilines is 1. The van der Waals surface area contributed by atoms with Gasteiger partial charge in [-0.05, 0) is 31.5 Å². The lowest BCUT2D eigenvalue weighted by Gasteiger charge is -2.26. The Morgan fingerprint density at radius 1 is 1.10 bits per heavy atom. The lowest BCUT2D eigenvalue weighted by molar-refractivity contribution is -0.121. The zero-order valence-corrected chi connectivity index (χ0v) is 18.3. The number of sulfonamides is 1. The van der Waals surface area contributed by atoms with Gasteiger partial charge in [-0.25, -0.2) is 8.42 Å². The average molecular weight is 442 g/mol. The van der Waals surface area contributed by atoms with E-state index in [4.69, 9.17) is 14.2 Å². The number of nitrogens with one attached hydrogen (secondary N) is 1. The van der Waals surface area contributed by atoms with Gasteiger partial charge in [-0.3, -0.25) is 14.0 Å². The SMILES string of the molecule is CS(=O)(=O)N(CCCC(=O)NCCCN1CCOCC1)c1ccc2c(c1)OCCO2. The zero-order chi connectivity index (χ0) is 21.4. The van der Waals surface area contributed by atoms with Crippen LogP contribution >= 0.6 is 0 Å². The number of fused-ring (bicyclic) bond motifs is 1. The van der Waals surface area contributed by atoms with Crippen LogP contribution in [0, 0.1) is 0 Å². The third-order valence-electron chi connectivity index (χ3n) is 5.06. The highest BCUT2D eigenvalue weighted by molar-refractivity contribution is 7.92. The van der Waals surface area contributed by atoms with Gasteiger partial charge in [0.15, 0.2) is 11.5 Å². The van der Waals surface area contributed by atoms with Crippen molar-refractivity contribution in [1.82, 2.24) is 10.2 Å². The molecule has 2 aliphatic rings. The highest BCUT2D eigenvalue weighted by Crippen LogP contribution is 2.34. The minimum Gasteiger partial charge on any atom is -0.486 e. The Hall–Kier alpha value is -2.04. The molecule has 1 fully saturated rings. The predicted molar refractivity (Wildman–Crippen MR) is 114 cm³/mol. The van der Waals surface area contributed by atoms with Crippen molar-refractivity contribution in [2.45, 2.75) is 19.3 Å². The van der Waals surface area contributed by atoms with Gasteiger partial charge >= 0.3 is 0 Å². The molecule has 0 aromatic heterocycles. The van der Waals surface area contributed by atoms with Gasteiger partial charge in [-0.2, -0.15) is 0 Å². The lowest BCUT2D eigenvalue weighted by atomic mass is 10.2. The molecule has 9 nitrogen and oxygen atoms in total. The largest absolute Gasteiger partial charge is 0.486 e. The topological polar surface area (TPSA) is 97.4 Å². The van der Waals surface area contributed by atoms with Crippen molar-refractivity contribution >= 4 is 21.6 Å². The summed E-state index contributed by atoms with van der Waals surface area (Å²) in [5.41, 5.74) is 0.507. The predicted octanol–water partition coefficient (Wildman–Crippen LogP) is 0.843. The molecule has 0 aliphatic carbocycles. The van der Waals surface area contributed by atoms with E-state index in [0.29, 0.717) is 43.4 Å². The first kappa shape index (κ1) is 22.6. The van der Waals surface area contributed by atoms with E-state index in [9.17, 15) is 13.2 Å². The minimum atomic E-state index is -3.49. The van der Waals surface area contributed by atoms with Crippen LogP contribution < -0.4 is 19.1 Å². The van der Waals surface area contributed by atoms with Crippen LogP contribution in [0.1, 0.15) is 19.3 Å². The third kappa shape index (κ3) is 6.75. The molecular weight excluding hydrogens is 410 g/mol. The molecule has 1 N–H and O–H groups in total. The van der Waals surface area contributed by atoms with Gasteiger partial charge in [0.05, 0.1) is 25.2 Å². The van der Waals surface area contributed by atoms with Crippen LogP contribution in [0.3, 0.4) is 0 Å². The molecule has 0 unspecified atom stereocenters. The standard InChI is InChI=1S/C20H31N3O6S/c1-30(25,26)23(17-5-6-18-19(16-17)29-15-14-28-18)9-2-4-20(24)21-7-3-8-22-10-12-27-13-11-22/h5-6,16H,2-4,7-15H2,1H3,(H,21,24). The number of amides is 1. The summed E-state index contributed by atoms with van der Waals surface area (Å²) in [6.45, 7) is 6.11. The van der Waals surface area contributed by atoms with Crippen molar-refractivity contribution in [3.63, 3.8) is 0 Å². The number of nitrogens with zero attached hydrogens (tertiary/aromatic N) is 2. The summed E-state index contributed by atoms with van der Waals surface area (Å²) in [7, 11) is -3.49. The summed E-state index contributed by atoms with van der Waals surface area (Å²) in [6.07, 6.45) is 2.75. The van der Waals surface area contributed by atoms with Gasteiger partial charge in [0.2, 0.25) is 15.9 Å². The Bertz CT molecular complexity index is 811. The molecule has 10 heteroatoms. The van der Waals surface area contributed by atoms with Crippen molar-refractivity contribution in [3.05, 3.63) is 18.2 Å². The van der Waals surface area contributed by atoms with E-state index in [-0.39, 0.29) is 18.9 Å². The summed E-state index contributed by atoms with van der Waals surface area (Å²) in [4.78, 5) is 14.4. The Morgan fingerprint density at radius 2 is 1.83 bits per heavy atom. The minimum absolute atomic E-state index is 0.0624. The van der Waals surface area contributed by atoms with Gasteiger partial charge in [-0.15, -0.1) is 0 Å². The monoisotopic (exact) mass is 441 g/mol. The smallest absolute Gasteiger partial charge is 0.232 e. The average Bonchev–Trinajstić information content (AvgIpc) is 2.74. The van der Waals surface area contributed by atoms with Gasteiger partial charge in [0.25, 0.3) is 0 Å². The number of rotatable bonds is 10. The van der Waals surface area contributed by atoms with Crippen molar-refractivity contribution in [2.24, 2.45) is 0 Å². The Morgan fingerprint density at radius 3 is 2.57 bits per heavy atom. The summed E-state index contributed by atoms with van der Waals surface area (Å²) in [5, 5.41) is 2.91. The second-order valence-electron chi connectivity index (χ2n) is 7.42. The fourth-order valence-electron chi connectivity index (χ4n) is 3.50. The molecule has 168 valence electrons. The molecule has 0 bridgehead atoms. The van der Waals surface area contributed by atoms with E-state index in [0.717, 1.165) is 45.5 Å². The molecule has 1 saturated heterocycles. The first-order chi connectivity index (χ1) is 14.4. The third-order valence-corrected chi connectivity index (χ3v) is 6.25. The highest BCUT2D eigenvalue weighted by atomic mass is 32.2. The molecule has 30 heavy (non-hydrogen) atoms. The van der Waals surface area contributed by atoms with Crippen LogP contribution in [-0.2, 0) is 19.6 Å². The first-order valence-corrected chi connectivity index (χ1v) is 12.2. The Labute approximate surface area is 178 Å². The molecule has 1 aromatic rings. The van der Waals surface area contributed by atoms with Crippen LogP contribution in [0.2, 0.25) is 0 Å². The van der Waals surface area contributed by atoms with E-state index in [1.165, 1.54) is 4.31 Å². The number of morpholine rings is 1. The molecule has 3 rings (SSSR count). The number of hydrogen-bond acceptors (Lipinski definition) is 7. The number of carbonyl (C=O) groups is 1. The van der Waals surface area contributed by atoms with Crippen molar-refractivity contribution in [1.29, 1.82) is 0 Å². The van der Waals surface area contributed by atoms with Crippen molar-refractivity contribution in [3.8, 4) is 11.5 Å². The summed E-state index contributed by atoms with van der Waals surface area (Å²) < 4.78 is 42.2. The molecule has 1 amide bonds. The molecule has 2 aliphatic heterocycles. The van der Waals surface area contributed by atoms with E-state index in [1.54, 1.807) is 18.2 Å². The molecule has 0 radical (unpaired) electrons.